The van der Waals surface area contributed by atoms with Crippen LogP contribution in [0.1, 0.15) is 71.1 Å². The van der Waals surface area contributed by atoms with Crippen molar-refractivity contribution in [3.63, 3.8) is 0 Å². The van der Waals surface area contributed by atoms with E-state index in [1.54, 1.807) is 0 Å². The molecule has 2 aliphatic heterocycles. The molecule has 2 saturated heterocycles. The summed E-state index contributed by atoms with van der Waals surface area (Å²) in [5.41, 5.74) is 0. The normalized spacial score (nSPS) is 29.6. The van der Waals surface area contributed by atoms with Gasteiger partial charge in [-0.15, -0.1) is 0 Å². The predicted octanol–water partition coefficient (Wildman–Crippen LogP) is 2.85. The van der Waals surface area contributed by atoms with E-state index < -0.39 is 30.7 Å². The maximum atomic E-state index is 10.8. The first kappa shape index (κ1) is 33.8. The van der Waals surface area contributed by atoms with Gasteiger partial charge in [0, 0.05) is 6.61 Å². The maximum absolute atomic E-state index is 10.8. The van der Waals surface area contributed by atoms with Crippen LogP contribution >= 0.6 is 0 Å². The number of aliphatic hydroxyl groups is 2. The van der Waals surface area contributed by atoms with Gasteiger partial charge in [0.15, 0.2) is 6.29 Å². The molecule has 5 atom stereocenters. The number of unbranched alkanes of at least 4 members (excludes halogenated alkanes) is 9. The van der Waals surface area contributed by atoms with Crippen molar-refractivity contribution < 1.29 is 48.1 Å². The smallest absolute Gasteiger partial charge is 0.186 e. The molecule has 0 bridgehead atoms. The molecule has 2 rings (SSSR count). The Morgan fingerprint density at radius 1 is 0.579 bits per heavy atom. The third kappa shape index (κ3) is 15.4. The summed E-state index contributed by atoms with van der Waals surface area (Å²) in [7, 11) is 0. The molecular formula is C28H54O10. The average molecular weight is 551 g/mol. The third-order valence-corrected chi connectivity index (χ3v) is 6.73. The van der Waals surface area contributed by atoms with E-state index in [0.717, 1.165) is 12.8 Å². The van der Waals surface area contributed by atoms with E-state index in [-0.39, 0.29) is 13.2 Å². The molecule has 2 fully saturated rings. The van der Waals surface area contributed by atoms with Crippen LogP contribution in [-0.2, 0) is 37.9 Å². The second-order valence-corrected chi connectivity index (χ2v) is 9.94. The van der Waals surface area contributed by atoms with Crippen LogP contribution in [0.15, 0.2) is 0 Å². The fourth-order valence-electron chi connectivity index (χ4n) is 4.49. The van der Waals surface area contributed by atoms with Crippen molar-refractivity contribution in [1.82, 2.24) is 0 Å². The Kier molecular flexibility index (Phi) is 20.7. The van der Waals surface area contributed by atoms with Crippen LogP contribution in [-0.4, -0.2) is 120 Å². The summed E-state index contributed by atoms with van der Waals surface area (Å²) in [6, 6.07) is 0. The number of ether oxygens (including phenoxy) is 8. The Labute approximate surface area is 229 Å². The minimum atomic E-state index is -1.21. The molecule has 0 aliphatic carbocycles. The zero-order valence-electron chi connectivity index (χ0n) is 23.6. The first-order valence-electron chi connectivity index (χ1n) is 14.9. The number of fused-ring (bicyclic) bond motifs is 1. The Balaban J connectivity index is 1.72. The SMILES string of the molecule is CCCCCCCCCCCCO[C@@H]1O[C@@H]2COCCOCCOCCOCCOCCO[C@H]2[C@H](O)[C@H]1O. The molecule has 10 nitrogen and oxygen atoms in total. The van der Waals surface area contributed by atoms with Gasteiger partial charge in [0.2, 0.25) is 0 Å². The Morgan fingerprint density at radius 2 is 1.05 bits per heavy atom. The molecule has 2 N–H and O–H groups in total. The zero-order valence-corrected chi connectivity index (χ0v) is 23.6. The van der Waals surface area contributed by atoms with Gasteiger partial charge in [-0.3, -0.25) is 0 Å². The van der Waals surface area contributed by atoms with Crippen LogP contribution in [0, 0.1) is 0 Å². The standard InChI is InChI=1S/C28H54O10/c1-2-3-4-5-6-7-8-9-10-11-12-37-28-26(30)25(29)27-24(38-28)23-35-20-19-33-16-15-31-13-14-32-17-18-34-21-22-36-27/h24-30H,2-23H2,1H3/t24-,25-,26-,27-,28-/m1/s1. The highest BCUT2D eigenvalue weighted by atomic mass is 16.7. The molecule has 0 aromatic heterocycles. The fraction of sp³-hybridized carbons (Fsp3) is 1.00. The van der Waals surface area contributed by atoms with Crippen molar-refractivity contribution in [2.75, 3.05) is 79.3 Å². The summed E-state index contributed by atoms with van der Waals surface area (Å²) in [6.45, 7) is 7.10. The second kappa shape index (κ2) is 23.3. The van der Waals surface area contributed by atoms with Crippen LogP contribution in [0.5, 0.6) is 0 Å². The van der Waals surface area contributed by atoms with Crippen molar-refractivity contribution in [1.29, 1.82) is 0 Å². The van der Waals surface area contributed by atoms with Crippen molar-refractivity contribution in [3.8, 4) is 0 Å². The van der Waals surface area contributed by atoms with Gasteiger partial charge in [0.05, 0.1) is 72.7 Å². The van der Waals surface area contributed by atoms with Gasteiger partial charge in [0.1, 0.15) is 24.4 Å². The monoisotopic (exact) mass is 550 g/mol. The van der Waals surface area contributed by atoms with Gasteiger partial charge < -0.3 is 48.1 Å². The number of hydrogen-bond donors (Lipinski definition) is 2. The summed E-state index contributed by atoms with van der Waals surface area (Å²) >= 11 is 0. The van der Waals surface area contributed by atoms with E-state index in [0.29, 0.717) is 66.1 Å². The topological polar surface area (TPSA) is 114 Å². The minimum Gasteiger partial charge on any atom is -0.387 e. The van der Waals surface area contributed by atoms with Crippen LogP contribution in [0.2, 0.25) is 0 Å². The van der Waals surface area contributed by atoms with Crippen molar-refractivity contribution in [2.24, 2.45) is 0 Å². The molecule has 0 aromatic carbocycles. The minimum absolute atomic E-state index is 0.182. The first-order chi connectivity index (χ1) is 18.7. The quantitative estimate of drug-likeness (QED) is 0.352. The molecule has 10 heteroatoms. The van der Waals surface area contributed by atoms with E-state index in [2.05, 4.69) is 6.92 Å². The number of hydrogen-bond acceptors (Lipinski definition) is 10. The lowest BCUT2D eigenvalue weighted by Gasteiger charge is -2.42. The van der Waals surface area contributed by atoms with Gasteiger partial charge in [-0.1, -0.05) is 64.7 Å². The lowest BCUT2D eigenvalue weighted by atomic mass is 9.99. The summed E-state index contributed by atoms with van der Waals surface area (Å²) in [5.74, 6) is 0. The molecule has 0 amide bonds. The fourth-order valence-corrected chi connectivity index (χ4v) is 4.49. The van der Waals surface area contributed by atoms with Gasteiger partial charge in [-0.2, -0.15) is 0 Å². The molecule has 2 aliphatic rings. The molecule has 226 valence electrons. The molecule has 38 heavy (non-hydrogen) atoms. The summed E-state index contributed by atoms with van der Waals surface area (Å²) < 4.78 is 45.4. The van der Waals surface area contributed by atoms with Crippen LogP contribution in [0.4, 0.5) is 0 Å². The van der Waals surface area contributed by atoms with Gasteiger partial charge in [-0.25, -0.2) is 0 Å². The lowest BCUT2D eigenvalue weighted by Crippen LogP contribution is -2.60. The second-order valence-electron chi connectivity index (χ2n) is 9.94. The lowest BCUT2D eigenvalue weighted by molar-refractivity contribution is -0.310. The maximum Gasteiger partial charge on any atom is 0.186 e. The van der Waals surface area contributed by atoms with Crippen LogP contribution in [0.3, 0.4) is 0 Å². The molecule has 0 saturated carbocycles. The molecule has 0 spiro atoms. The largest absolute Gasteiger partial charge is 0.387 e. The van der Waals surface area contributed by atoms with Crippen LogP contribution < -0.4 is 0 Å². The predicted molar refractivity (Wildman–Crippen MR) is 142 cm³/mol. The average Bonchev–Trinajstić information content (AvgIpc) is 2.92. The van der Waals surface area contributed by atoms with Gasteiger partial charge >= 0.3 is 0 Å². The molecule has 2 heterocycles. The zero-order chi connectivity index (χ0) is 27.1. The van der Waals surface area contributed by atoms with Gasteiger partial charge in [0.25, 0.3) is 0 Å². The van der Waals surface area contributed by atoms with E-state index >= 15 is 0 Å². The highest BCUT2D eigenvalue weighted by Crippen LogP contribution is 2.25. The summed E-state index contributed by atoms with van der Waals surface area (Å²) in [6.07, 6.45) is 7.67. The highest BCUT2D eigenvalue weighted by molar-refractivity contribution is 4.90. The third-order valence-electron chi connectivity index (χ3n) is 6.73. The Morgan fingerprint density at radius 3 is 1.61 bits per heavy atom. The molecular weight excluding hydrogens is 496 g/mol. The summed E-state index contributed by atoms with van der Waals surface area (Å²) in [4.78, 5) is 0. The number of aliphatic hydroxyl groups excluding tert-OH is 2. The molecule has 0 aromatic rings. The van der Waals surface area contributed by atoms with E-state index in [1.165, 1.54) is 51.4 Å². The van der Waals surface area contributed by atoms with Crippen molar-refractivity contribution in [3.05, 3.63) is 0 Å². The van der Waals surface area contributed by atoms with Crippen molar-refractivity contribution >= 4 is 0 Å². The molecule has 0 unspecified atom stereocenters. The highest BCUT2D eigenvalue weighted by Gasteiger charge is 2.45. The molecule has 0 radical (unpaired) electrons. The number of rotatable bonds is 12. The van der Waals surface area contributed by atoms with E-state index in [9.17, 15) is 10.2 Å². The Bertz CT molecular complexity index is 526. The first-order valence-corrected chi connectivity index (χ1v) is 14.9. The van der Waals surface area contributed by atoms with Gasteiger partial charge in [-0.05, 0) is 6.42 Å². The van der Waals surface area contributed by atoms with Crippen molar-refractivity contribution in [2.45, 2.75) is 102 Å². The van der Waals surface area contributed by atoms with E-state index in [4.69, 9.17) is 37.9 Å². The van der Waals surface area contributed by atoms with Crippen LogP contribution in [0.25, 0.3) is 0 Å². The Hall–Kier alpha value is -0.400. The summed E-state index contributed by atoms with van der Waals surface area (Å²) in [5, 5.41) is 21.5. The van der Waals surface area contributed by atoms with E-state index in [1.807, 2.05) is 0 Å².